The number of likely N-dealkylation sites (tertiary alicyclic amines) is 1. The third-order valence-electron chi connectivity index (χ3n) is 5.15. The largest absolute Gasteiger partial charge is 0.490 e. The molecule has 1 fully saturated rings. The Kier molecular flexibility index (Phi) is 6.82. The average Bonchev–Trinajstić information content (AvgIpc) is 2.73. The zero-order valence-corrected chi connectivity index (χ0v) is 16.3. The molecule has 4 nitrogen and oxygen atoms in total. The second kappa shape index (κ2) is 9.51. The minimum atomic E-state index is -0.176. The molecule has 1 saturated heterocycles. The third kappa shape index (κ3) is 4.98. The molecule has 148 valence electrons. The Balaban J connectivity index is 1.64. The summed E-state index contributed by atoms with van der Waals surface area (Å²) in [6, 6.07) is 14.2. The molecule has 2 aromatic carbocycles. The number of amides is 1. The van der Waals surface area contributed by atoms with E-state index in [1.165, 1.54) is 6.07 Å². The van der Waals surface area contributed by atoms with Gasteiger partial charge in [-0.1, -0.05) is 36.9 Å². The number of halogens is 1. The molecule has 0 aromatic heterocycles. The molecule has 5 heteroatoms. The van der Waals surface area contributed by atoms with Crippen LogP contribution >= 0.6 is 0 Å². The first-order chi connectivity index (χ1) is 13.6. The second-order valence-corrected chi connectivity index (χ2v) is 7.17. The predicted molar refractivity (Wildman–Crippen MR) is 109 cm³/mol. The van der Waals surface area contributed by atoms with Crippen molar-refractivity contribution < 1.29 is 13.9 Å². The number of nitrogens with zero attached hydrogens (tertiary/aromatic N) is 2. The summed E-state index contributed by atoms with van der Waals surface area (Å²) >= 11 is 0. The van der Waals surface area contributed by atoms with Crippen molar-refractivity contribution in [2.24, 2.45) is 0 Å². The summed E-state index contributed by atoms with van der Waals surface area (Å²) in [5.41, 5.74) is 1.31. The minimum Gasteiger partial charge on any atom is -0.490 e. The molecule has 1 atom stereocenters. The van der Waals surface area contributed by atoms with Gasteiger partial charge in [-0.25, -0.2) is 4.39 Å². The van der Waals surface area contributed by atoms with Crippen LogP contribution in [0.5, 0.6) is 5.75 Å². The SMILES string of the molecule is C=CCOc1cccc(C(=O)N(C)[C@@H]2CCCN(Cc3ccccc3F)C2)c1. The number of hydrogen-bond acceptors (Lipinski definition) is 3. The predicted octanol–water partition coefficient (Wildman–Crippen LogP) is 4.13. The monoisotopic (exact) mass is 382 g/mol. The van der Waals surface area contributed by atoms with Crippen molar-refractivity contribution in [3.63, 3.8) is 0 Å². The van der Waals surface area contributed by atoms with E-state index in [1.54, 1.807) is 29.2 Å². The Hall–Kier alpha value is -2.66. The van der Waals surface area contributed by atoms with Crippen LogP contribution in [-0.2, 0) is 6.54 Å². The Morgan fingerprint density at radius 3 is 2.93 bits per heavy atom. The van der Waals surface area contributed by atoms with Gasteiger partial charge in [0.05, 0.1) is 0 Å². The average molecular weight is 382 g/mol. The normalized spacial score (nSPS) is 17.1. The first kappa shape index (κ1) is 20.1. The van der Waals surface area contributed by atoms with E-state index in [4.69, 9.17) is 4.74 Å². The number of carbonyl (C=O) groups is 1. The van der Waals surface area contributed by atoms with Gasteiger partial charge in [0.25, 0.3) is 5.91 Å². The molecule has 0 saturated carbocycles. The van der Waals surface area contributed by atoms with Crippen LogP contribution < -0.4 is 4.74 Å². The summed E-state index contributed by atoms with van der Waals surface area (Å²) in [4.78, 5) is 17.0. The molecule has 1 aliphatic rings. The summed E-state index contributed by atoms with van der Waals surface area (Å²) in [5, 5.41) is 0. The van der Waals surface area contributed by atoms with E-state index in [0.717, 1.165) is 25.9 Å². The Morgan fingerprint density at radius 1 is 1.32 bits per heavy atom. The van der Waals surface area contributed by atoms with Gasteiger partial charge in [-0.2, -0.15) is 0 Å². The number of ether oxygens (including phenoxy) is 1. The molecule has 28 heavy (non-hydrogen) atoms. The topological polar surface area (TPSA) is 32.8 Å². The molecular weight excluding hydrogens is 355 g/mol. The first-order valence-corrected chi connectivity index (χ1v) is 9.65. The van der Waals surface area contributed by atoms with Crippen molar-refractivity contribution in [3.8, 4) is 5.75 Å². The highest BCUT2D eigenvalue weighted by Gasteiger charge is 2.27. The highest BCUT2D eigenvalue weighted by atomic mass is 19.1. The Labute approximate surface area is 166 Å². The summed E-state index contributed by atoms with van der Waals surface area (Å²) in [6.07, 6.45) is 3.61. The van der Waals surface area contributed by atoms with Gasteiger partial charge < -0.3 is 9.64 Å². The van der Waals surface area contributed by atoms with E-state index in [-0.39, 0.29) is 17.8 Å². The molecule has 1 heterocycles. The fraction of sp³-hybridized carbons (Fsp3) is 0.348. The number of likely N-dealkylation sites (N-methyl/N-ethyl adjacent to an activating group) is 1. The maximum Gasteiger partial charge on any atom is 0.254 e. The van der Waals surface area contributed by atoms with Crippen LogP contribution in [0.2, 0.25) is 0 Å². The third-order valence-corrected chi connectivity index (χ3v) is 5.15. The van der Waals surface area contributed by atoms with Crippen LogP contribution in [0.15, 0.2) is 61.2 Å². The van der Waals surface area contributed by atoms with E-state index < -0.39 is 0 Å². The van der Waals surface area contributed by atoms with E-state index in [2.05, 4.69) is 11.5 Å². The number of rotatable bonds is 7. The number of carbonyl (C=O) groups excluding carboxylic acids is 1. The summed E-state index contributed by atoms with van der Waals surface area (Å²) in [5.74, 6) is 0.455. The molecule has 0 radical (unpaired) electrons. The number of piperidine rings is 1. The van der Waals surface area contributed by atoms with Crippen molar-refractivity contribution in [2.75, 3.05) is 26.7 Å². The summed E-state index contributed by atoms with van der Waals surface area (Å²) in [6.45, 7) is 6.26. The Bertz CT molecular complexity index is 824. The van der Waals surface area contributed by atoms with Gasteiger partial charge in [-0.15, -0.1) is 0 Å². The van der Waals surface area contributed by atoms with E-state index in [9.17, 15) is 9.18 Å². The molecule has 0 bridgehead atoms. The molecule has 1 amide bonds. The zero-order chi connectivity index (χ0) is 19.9. The van der Waals surface area contributed by atoms with Gasteiger partial charge in [0, 0.05) is 37.3 Å². The van der Waals surface area contributed by atoms with Crippen molar-refractivity contribution >= 4 is 5.91 Å². The van der Waals surface area contributed by atoms with Crippen LogP contribution in [0, 0.1) is 5.82 Å². The first-order valence-electron chi connectivity index (χ1n) is 9.65. The zero-order valence-electron chi connectivity index (χ0n) is 16.3. The van der Waals surface area contributed by atoms with Crippen LogP contribution in [-0.4, -0.2) is 48.5 Å². The molecule has 0 spiro atoms. The number of hydrogen-bond donors (Lipinski definition) is 0. The van der Waals surface area contributed by atoms with Crippen molar-refractivity contribution in [2.45, 2.75) is 25.4 Å². The molecule has 0 N–H and O–H groups in total. The molecular formula is C23H27FN2O2. The highest BCUT2D eigenvalue weighted by Crippen LogP contribution is 2.21. The molecule has 3 rings (SSSR count). The lowest BCUT2D eigenvalue weighted by Gasteiger charge is -2.37. The standard InChI is InChI=1S/C23H27FN2O2/c1-3-14-28-21-11-6-9-18(15-21)23(27)25(2)20-10-7-13-26(17-20)16-19-8-4-5-12-22(19)24/h3-6,8-9,11-12,15,20H,1,7,10,13-14,16-17H2,2H3/t20-/m1/s1. The van der Waals surface area contributed by atoms with Crippen molar-refractivity contribution in [1.29, 1.82) is 0 Å². The number of benzene rings is 2. The molecule has 1 aliphatic heterocycles. The van der Waals surface area contributed by atoms with E-state index in [0.29, 0.717) is 30.0 Å². The smallest absolute Gasteiger partial charge is 0.254 e. The molecule has 2 aromatic rings. The van der Waals surface area contributed by atoms with Gasteiger partial charge in [0.1, 0.15) is 18.2 Å². The Morgan fingerprint density at radius 2 is 2.14 bits per heavy atom. The van der Waals surface area contributed by atoms with Gasteiger partial charge in [0.2, 0.25) is 0 Å². The van der Waals surface area contributed by atoms with E-state index in [1.807, 2.05) is 31.3 Å². The maximum absolute atomic E-state index is 14.0. The van der Waals surface area contributed by atoms with Gasteiger partial charge in [-0.3, -0.25) is 9.69 Å². The molecule has 0 unspecified atom stereocenters. The van der Waals surface area contributed by atoms with Crippen molar-refractivity contribution in [1.82, 2.24) is 9.80 Å². The van der Waals surface area contributed by atoms with Gasteiger partial charge in [-0.05, 0) is 43.7 Å². The van der Waals surface area contributed by atoms with Gasteiger partial charge in [0.15, 0.2) is 0 Å². The van der Waals surface area contributed by atoms with Crippen LogP contribution in [0.3, 0.4) is 0 Å². The van der Waals surface area contributed by atoms with Gasteiger partial charge >= 0.3 is 0 Å². The summed E-state index contributed by atoms with van der Waals surface area (Å²) < 4.78 is 19.5. The quantitative estimate of drug-likeness (QED) is 0.675. The molecule has 0 aliphatic carbocycles. The second-order valence-electron chi connectivity index (χ2n) is 7.17. The fourth-order valence-corrected chi connectivity index (χ4v) is 3.60. The lowest BCUT2D eigenvalue weighted by atomic mass is 10.0. The van der Waals surface area contributed by atoms with Crippen LogP contribution in [0.4, 0.5) is 4.39 Å². The summed E-state index contributed by atoms with van der Waals surface area (Å²) in [7, 11) is 1.84. The minimum absolute atomic E-state index is 0.0261. The lowest BCUT2D eigenvalue weighted by molar-refractivity contribution is 0.0607. The fourth-order valence-electron chi connectivity index (χ4n) is 3.60. The van der Waals surface area contributed by atoms with Crippen LogP contribution in [0.25, 0.3) is 0 Å². The maximum atomic E-state index is 14.0. The van der Waals surface area contributed by atoms with Crippen molar-refractivity contribution in [3.05, 3.63) is 78.1 Å². The lowest BCUT2D eigenvalue weighted by Crippen LogP contribution is -2.48. The highest BCUT2D eigenvalue weighted by molar-refractivity contribution is 5.94. The van der Waals surface area contributed by atoms with E-state index >= 15 is 0 Å². The van der Waals surface area contributed by atoms with Crippen LogP contribution in [0.1, 0.15) is 28.8 Å².